The first-order valence-corrected chi connectivity index (χ1v) is 5.25. The second kappa shape index (κ2) is 3.69. The van der Waals surface area contributed by atoms with Crippen molar-refractivity contribution in [2.45, 2.75) is 53.0 Å². The van der Waals surface area contributed by atoms with E-state index in [2.05, 4.69) is 33.0 Å². The lowest BCUT2D eigenvalue weighted by molar-refractivity contribution is -0.123. The smallest absolute Gasteiger partial charge is 0.223 e. The second-order valence-electron chi connectivity index (χ2n) is 5.06. The molecule has 1 aliphatic heterocycles. The van der Waals surface area contributed by atoms with Gasteiger partial charge in [0.1, 0.15) is 0 Å². The molecule has 1 fully saturated rings. The summed E-state index contributed by atoms with van der Waals surface area (Å²) in [4.78, 5) is 11.5. The van der Waals surface area contributed by atoms with Crippen LogP contribution in [0.3, 0.4) is 0 Å². The predicted molar refractivity (Wildman–Crippen MR) is 54.4 cm³/mol. The molecule has 1 rings (SSSR count). The maximum absolute atomic E-state index is 11.5. The van der Waals surface area contributed by atoms with Crippen molar-refractivity contribution in [3.8, 4) is 0 Å². The van der Waals surface area contributed by atoms with Gasteiger partial charge in [-0.25, -0.2) is 0 Å². The zero-order valence-corrected chi connectivity index (χ0v) is 9.18. The minimum Gasteiger partial charge on any atom is -0.353 e. The number of rotatable bonds is 3. The fourth-order valence-electron chi connectivity index (χ4n) is 1.94. The van der Waals surface area contributed by atoms with Crippen LogP contribution in [0.5, 0.6) is 0 Å². The van der Waals surface area contributed by atoms with Crippen molar-refractivity contribution in [2.75, 3.05) is 0 Å². The molecule has 1 aliphatic rings. The highest BCUT2D eigenvalue weighted by Gasteiger charge is 2.33. The third-order valence-electron chi connectivity index (χ3n) is 3.15. The Hall–Kier alpha value is -0.530. The molecule has 1 saturated heterocycles. The Kier molecular flexibility index (Phi) is 2.99. The highest BCUT2D eigenvalue weighted by atomic mass is 16.2. The molecular formula is C11H21NO. The molecule has 2 unspecified atom stereocenters. The fraction of sp³-hybridized carbons (Fsp3) is 0.909. The molecule has 1 heterocycles. The van der Waals surface area contributed by atoms with Crippen molar-refractivity contribution < 1.29 is 4.79 Å². The number of hydrogen-bond acceptors (Lipinski definition) is 1. The zero-order chi connectivity index (χ0) is 10.1. The SMILES string of the molecule is CCC(C)(C)CC1CC(C)NC1=O. The molecule has 76 valence electrons. The molecule has 0 radical (unpaired) electrons. The average molecular weight is 183 g/mol. The van der Waals surface area contributed by atoms with E-state index < -0.39 is 0 Å². The van der Waals surface area contributed by atoms with E-state index in [-0.39, 0.29) is 11.8 Å². The van der Waals surface area contributed by atoms with Gasteiger partial charge in [-0.1, -0.05) is 27.2 Å². The molecule has 1 amide bonds. The van der Waals surface area contributed by atoms with Crippen molar-refractivity contribution in [1.29, 1.82) is 0 Å². The topological polar surface area (TPSA) is 29.1 Å². The highest BCUT2D eigenvalue weighted by molar-refractivity contribution is 5.81. The van der Waals surface area contributed by atoms with Gasteiger partial charge in [0.05, 0.1) is 0 Å². The third kappa shape index (κ3) is 2.71. The van der Waals surface area contributed by atoms with Crippen molar-refractivity contribution in [2.24, 2.45) is 11.3 Å². The standard InChI is InChI=1S/C11H21NO/c1-5-11(3,4)7-9-6-8(2)12-10(9)13/h8-9H,5-7H2,1-4H3,(H,12,13). The number of amides is 1. The Morgan fingerprint density at radius 2 is 2.15 bits per heavy atom. The van der Waals surface area contributed by atoms with E-state index >= 15 is 0 Å². The van der Waals surface area contributed by atoms with Gasteiger partial charge in [0.25, 0.3) is 0 Å². The summed E-state index contributed by atoms with van der Waals surface area (Å²) >= 11 is 0. The van der Waals surface area contributed by atoms with Gasteiger partial charge >= 0.3 is 0 Å². The van der Waals surface area contributed by atoms with Gasteiger partial charge in [0.2, 0.25) is 5.91 Å². The van der Waals surface area contributed by atoms with E-state index in [4.69, 9.17) is 0 Å². The number of carbonyl (C=O) groups is 1. The van der Waals surface area contributed by atoms with Gasteiger partial charge in [0.15, 0.2) is 0 Å². The highest BCUT2D eigenvalue weighted by Crippen LogP contribution is 2.32. The average Bonchev–Trinajstić information content (AvgIpc) is 2.30. The van der Waals surface area contributed by atoms with Gasteiger partial charge in [-0.3, -0.25) is 4.79 Å². The van der Waals surface area contributed by atoms with Crippen molar-refractivity contribution in [1.82, 2.24) is 5.32 Å². The summed E-state index contributed by atoms with van der Waals surface area (Å²) in [6.07, 6.45) is 3.19. The third-order valence-corrected chi connectivity index (χ3v) is 3.15. The summed E-state index contributed by atoms with van der Waals surface area (Å²) in [5.74, 6) is 0.513. The van der Waals surface area contributed by atoms with Gasteiger partial charge in [-0.15, -0.1) is 0 Å². The summed E-state index contributed by atoms with van der Waals surface area (Å²) in [7, 11) is 0. The molecule has 0 aromatic heterocycles. The summed E-state index contributed by atoms with van der Waals surface area (Å²) in [5, 5.41) is 2.97. The summed E-state index contributed by atoms with van der Waals surface area (Å²) < 4.78 is 0. The molecule has 0 aromatic carbocycles. The first kappa shape index (κ1) is 10.6. The van der Waals surface area contributed by atoms with Crippen LogP contribution in [-0.2, 0) is 4.79 Å². The van der Waals surface area contributed by atoms with Crippen LogP contribution >= 0.6 is 0 Å². The molecule has 2 atom stereocenters. The molecule has 0 aromatic rings. The molecule has 2 nitrogen and oxygen atoms in total. The fourth-order valence-corrected chi connectivity index (χ4v) is 1.94. The molecule has 0 spiro atoms. The van der Waals surface area contributed by atoms with Crippen LogP contribution < -0.4 is 5.32 Å². The lowest BCUT2D eigenvalue weighted by Crippen LogP contribution is -2.25. The van der Waals surface area contributed by atoms with Crippen LogP contribution in [-0.4, -0.2) is 11.9 Å². The number of nitrogens with one attached hydrogen (secondary N) is 1. The molecule has 2 heteroatoms. The normalized spacial score (nSPS) is 29.1. The van der Waals surface area contributed by atoms with E-state index in [1.807, 2.05) is 0 Å². The largest absolute Gasteiger partial charge is 0.353 e. The van der Waals surface area contributed by atoms with Gasteiger partial charge in [-0.2, -0.15) is 0 Å². The second-order valence-corrected chi connectivity index (χ2v) is 5.06. The van der Waals surface area contributed by atoms with Crippen molar-refractivity contribution in [3.05, 3.63) is 0 Å². The Morgan fingerprint density at radius 1 is 1.54 bits per heavy atom. The van der Waals surface area contributed by atoms with Crippen molar-refractivity contribution >= 4 is 5.91 Å². The maximum atomic E-state index is 11.5. The molecule has 13 heavy (non-hydrogen) atoms. The van der Waals surface area contributed by atoms with Crippen LogP contribution in [0.1, 0.15) is 47.0 Å². The molecule has 0 aliphatic carbocycles. The lowest BCUT2D eigenvalue weighted by Gasteiger charge is -2.24. The van der Waals surface area contributed by atoms with Crippen LogP contribution in [0.15, 0.2) is 0 Å². The minimum atomic E-state index is 0.255. The molecule has 1 N–H and O–H groups in total. The molecular weight excluding hydrogens is 162 g/mol. The van der Waals surface area contributed by atoms with Gasteiger partial charge in [0, 0.05) is 12.0 Å². The van der Waals surface area contributed by atoms with E-state index in [0.29, 0.717) is 11.5 Å². The zero-order valence-electron chi connectivity index (χ0n) is 9.18. The van der Waals surface area contributed by atoms with E-state index in [0.717, 1.165) is 19.3 Å². The quantitative estimate of drug-likeness (QED) is 0.715. The van der Waals surface area contributed by atoms with E-state index in [9.17, 15) is 4.79 Å². The Labute approximate surface area is 81.1 Å². The van der Waals surface area contributed by atoms with E-state index in [1.54, 1.807) is 0 Å². The Bertz CT molecular complexity index is 198. The first-order valence-electron chi connectivity index (χ1n) is 5.25. The predicted octanol–water partition coefficient (Wildman–Crippen LogP) is 2.34. The summed E-state index contributed by atoms with van der Waals surface area (Å²) in [6.45, 7) is 8.75. The van der Waals surface area contributed by atoms with Gasteiger partial charge < -0.3 is 5.32 Å². The van der Waals surface area contributed by atoms with Crippen molar-refractivity contribution in [3.63, 3.8) is 0 Å². The van der Waals surface area contributed by atoms with Crippen LogP contribution in [0.25, 0.3) is 0 Å². The van der Waals surface area contributed by atoms with Gasteiger partial charge in [-0.05, 0) is 25.2 Å². The Balaban J connectivity index is 2.50. The Morgan fingerprint density at radius 3 is 2.54 bits per heavy atom. The van der Waals surface area contributed by atoms with Crippen LogP contribution in [0.4, 0.5) is 0 Å². The lowest BCUT2D eigenvalue weighted by atomic mass is 9.80. The number of hydrogen-bond donors (Lipinski definition) is 1. The monoisotopic (exact) mass is 183 g/mol. The minimum absolute atomic E-state index is 0.255. The maximum Gasteiger partial charge on any atom is 0.223 e. The van der Waals surface area contributed by atoms with E-state index in [1.165, 1.54) is 0 Å². The summed E-state index contributed by atoms with van der Waals surface area (Å²) in [6, 6.07) is 0.380. The molecule has 0 saturated carbocycles. The molecule has 0 bridgehead atoms. The van der Waals surface area contributed by atoms with Crippen LogP contribution in [0.2, 0.25) is 0 Å². The summed E-state index contributed by atoms with van der Waals surface area (Å²) in [5.41, 5.74) is 0.312. The van der Waals surface area contributed by atoms with Crippen LogP contribution in [0, 0.1) is 11.3 Å². The number of carbonyl (C=O) groups excluding carboxylic acids is 1. The first-order chi connectivity index (χ1) is 5.94.